The van der Waals surface area contributed by atoms with Crippen LogP contribution in [0, 0.1) is 5.82 Å². The van der Waals surface area contributed by atoms with Crippen LogP contribution in [0.3, 0.4) is 0 Å². The molecule has 8 heteroatoms. The number of aromatic hydroxyl groups is 1. The molecule has 4 rings (SSSR count). The van der Waals surface area contributed by atoms with Gasteiger partial charge in [0, 0.05) is 24.5 Å². The number of carbonyl (C=O) groups excluding carboxylic acids is 2. The predicted molar refractivity (Wildman–Crippen MR) is 103 cm³/mol. The van der Waals surface area contributed by atoms with Gasteiger partial charge in [0.25, 0.3) is 0 Å². The van der Waals surface area contributed by atoms with E-state index in [0.717, 1.165) is 11.1 Å². The number of esters is 1. The maximum atomic E-state index is 13.1. The Balaban J connectivity index is 1.86. The van der Waals surface area contributed by atoms with E-state index in [0.29, 0.717) is 31.2 Å². The minimum atomic E-state index is -0.811. The fourth-order valence-corrected chi connectivity index (χ4v) is 3.45. The van der Waals surface area contributed by atoms with Gasteiger partial charge in [-0.05, 0) is 42.2 Å². The highest BCUT2D eigenvalue weighted by atomic mass is 19.1. The van der Waals surface area contributed by atoms with E-state index in [1.807, 2.05) is 0 Å². The number of amides is 1. The van der Waals surface area contributed by atoms with Crippen LogP contribution >= 0.6 is 0 Å². The Hall–Kier alpha value is -3.55. The molecule has 7 nitrogen and oxygen atoms in total. The zero-order chi connectivity index (χ0) is 20.5. The number of pyridine rings is 2. The smallest absolute Gasteiger partial charge is 0.360 e. The van der Waals surface area contributed by atoms with Gasteiger partial charge < -0.3 is 9.84 Å². The molecule has 1 aliphatic rings. The second-order valence-electron chi connectivity index (χ2n) is 6.82. The Kier molecular flexibility index (Phi) is 4.84. The van der Waals surface area contributed by atoms with Gasteiger partial charge in [0.2, 0.25) is 5.91 Å². The van der Waals surface area contributed by atoms with Crippen LogP contribution in [0.2, 0.25) is 0 Å². The number of nitrogens with zero attached hydrogens (tertiary/aromatic N) is 3. The average molecular weight is 395 g/mol. The Morgan fingerprint density at radius 2 is 2.03 bits per heavy atom. The lowest BCUT2D eigenvalue weighted by molar-refractivity contribution is -0.117. The van der Waals surface area contributed by atoms with Crippen LogP contribution < -0.4 is 4.90 Å². The van der Waals surface area contributed by atoms with Crippen LogP contribution in [0.25, 0.3) is 10.9 Å². The molecule has 3 aromatic rings. The van der Waals surface area contributed by atoms with Crippen molar-refractivity contribution in [2.75, 3.05) is 18.6 Å². The molecule has 0 bridgehead atoms. The first kappa shape index (κ1) is 18.8. The Bertz CT molecular complexity index is 1120. The lowest BCUT2D eigenvalue weighted by Crippen LogP contribution is -2.26. The van der Waals surface area contributed by atoms with E-state index >= 15 is 0 Å². The van der Waals surface area contributed by atoms with Crippen molar-refractivity contribution in [3.8, 4) is 5.75 Å². The molecule has 0 atom stereocenters. The summed E-state index contributed by atoms with van der Waals surface area (Å²) in [6.07, 6.45) is 3.12. The lowest BCUT2D eigenvalue weighted by atomic mass is 10.0. The number of aromatic nitrogens is 2. The largest absolute Gasteiger partial charge is 0.504 e. The Morgan fingerprint density at radius 3 is 2.69 bits per heavy atom. The summed E-state index contributed by atoms with van der Waals surface area (Å²) in [5.41, 5.74) is 1.56. The fourth-order valence-electron chi connectivity index (χ4n) is 3.45. The molecule has 1 amide bonds. The topological polar surface area (TPSA) is 92.6 Å². The molecule has 29 heavy (non-hydrogen) atoms. The predicted octanol–water partition coefficient (Wildman–Crippen LogP) is 2.98. The molecule has 1 saturated heterocycles. The third-order valence-electron chi connectivity index (χ3n) is 4.88. The van der Waals surface area contributed by atoms with E-state index < -0.39 is 11.7 Å². The maximum absolute atomic E-state index is 13.1. The number of benzene rings is 1. The van der Waals surface area contributed by atoms with Gasteiger partial charge in [-0.2, -0.15) is 0 Å². The molecular formula is C21H18FN3O4. The SMILES string of the molecule is COC(=O)c1nc(N2CCCC2=O)c2cc(Cc3ccc(F)cc3)cnc2c1O. The summed E-state index contributed by atoms with van der Waals surface area (Å²) in [5.74, 6) is -1.35. The Labute approximate surface area is 165 Å². The van der Waals surface area contributed by atoms with Gasteiger partial charge in [0.05, 0.1) is 7.11 Å². The van der Waals surface area contributed by atoms with E-state index in [2.05, 4.69) is 9.97 Å². The molecule has 1 aliphatic heterocycles. The minimum Gasteiger partial charge on any atom is -0.504 e. The van der Waals surface area contributed by atoms with E-state index in [1.54, 1.807) is 24.4 Å². The molecule has 148 valence electrons. The standard InChI is InChI=1S/C21H18FN3O4/c1-29-21(28)18-19(27)17-15(20(24-18)25-8-2-3-16(25)26)10-13(11-23-17)9-12-4-6-14(22)7-5-12/h4-7,10-11,27H,2-3,8-9H2,1H3. The number of halogens is 1. The maximum Gasteiger partial charge on any atom is 0.360 e. The molecule has 0 saturated carbocycles. The number of methoxy groups -OCH3 is 1. The molecular weight excluding hydrogens is 377 g/mol. The van der Waals surface area contributed by atoms with Crippen LogP contribution in [0.1, 0.15) is 34.5 Å². The lowest BCUT2D eigenvalue weighted by Gasteiger charge is -2.19. The van der Waals surface area contributed by atoms with E-state index in [4.69, 9.17) is 4.74 Å². The second-order valence-corrected chi connectivity index (χ2v) is 6.82. The van der Waals surface area contributed by atoms with Crippen molar-refractivity contribution in [1.29, 1.82) is 0 Å². The number of ether oxygens (including phenoxy) is 1. The van der Waals surface area contributed by atoms with Crippen LogP contribution in [0.15, 0.2) is 36.5 Å². The fraction of sp³-hybridized carbons (Fsp3) is 0.238. The first-order valence-electron chi connectivity index (χ1n) is 9.12. The van der Waals surface area contributed by atoms with Crippen molar-refractivity contribution < 1.29 is 23.8 Å². The zero-order valence-electron chi connectivity index (χ0n) is 15.7. The normalized spacial score (nSPS) is 13.9. The van der Waals surface area contributed by atoms with Gasteiger partial charge in [-0.15, -0.1) is 0 Å². The van der Waals surface area contributed by atoms with Crippen LogP contribution in [-0.2, 0) is 16.0 Å². The van der Waals surface area contributed by atoms with Gasteiger partial charge >= 0.3 is 5.97 Å². The summed E-state index contributed by atoms with van der Waals surface area (Å²) < 4.78 is 17.8. The van der Waals surface area contributed by atoms with Gasteiger partial charge in [0.15, 0.2) is 11.4 Å². The van der Waals surface area contributed by atoms with Crippen LogP contribution in [0.4, 0.5) is 10.2 Å². The summed E-state index contributed by atoms with van der Waals surface area (Å²) in [5, 5.41) is 11.0. The average Bonchev–Trinajstić information content (AvgIpc) is 3.15. The van der Waals surface area contributed by atoms with Crippen molar-refractivity contribution >= 4 is 28.6 Å². The van der Waals surface area contributed by atoms with E-state index in [9.17, 15) is 19.1 Å². The number of carbonyl (C=O) groups is 2. The molecule has 1 N–H and O–H groups in total. The number of anilines is 1. The second kappa shape index (κ2) is 7.46. The third-order valence-corrected chi connectivity index (χ3v) is 4.88. The summed E-state index contributed by atoms with van der Waals surface area (Å²) in [6, 6.07) is 7.91. The zero-order valence-corrected chi connectivity index (χ0v) is 15.7. The van der Waals surface area contributed by atoms with Crippen molar-refractivity contribution in [2.45, 2.75) is 19.3 Å². The first-order valence-corrected chi connectivity index (χ1v) is 9.12. The van der Waals surface area contributed by atoms with Gasteiger partial charge in [-0.3, -0.25) is 14.7 Å². The summed E-state index contributed by atoms with van der Waals surface area (Å²) in [4.78, 5) is 34.4. The summed E-state index contributed by atoms with van der Waals surface area (Å²) >= 11 is 0. The van der Waals surface area contributed by atoms with Crippen molar-refractivity contribution in [1.82, 2.24) is 9.97 Å². The van der Waals surface area contributed by atoms with Crippen molar-refractivity contribution in [3.63, 3.8) is 0 Å². The van der Waals surface area contributed by atoms with Crippen LogP contribution in [0.5, 0.6) is 5.75 Å². The minimum absolute atomic E-state index is 0.107. The highest BCUT2D eigenvalue weighted by Crippen LogP contribution is 2.35. The highest BCUT2D eigenvalue weighted by molar-refractivity contribution is 6.07. The van der Waals surface area contributed by atoms with E-state index in [1.165, 1.54) is 24.1 Å². The quantitative estimate of drug-likeness (QED) is 0.683. The third kappa shape index (κ3) is 3.49. The monoisotopic (exact) mass is 395 g/mol. The van der Waals surface area contributed by atoms with Gasteiger partial charge in [-0.1, -0.05) is 12.1 Å². The molecule has 3 heterocycles. The van der Waals surface area contributed by atoms with Gasteiger partial charge in [0.1, 0.15) is 17.2 Å². The summed E-state index contributed by atoms with van der Waals surface area (Å²) in [6.45, 7) is 0.467. The van der Waals surface area contributed by atoms with Crippen molar-refractivity contribution in [2.24, 2.45) is 0 Å². The molecule has 2 aromatic heterocycles. The van der Waals surface area contributed by atoms with E-state index in [-0.39, 0.29) is 28.8 Å². The first-order chi connectivity index (χ1) is 14.0. The number of rotatable bonds is 4. The molecule has 0 radical (unpaired) electrons. The number of fused-ring (bicyclic) bond motifs is 1. The molecule has 0 aliphatic carbocycles. The Morgan fingerprint density at radius 1 is 1.28 bits per heavy atom. The number of hydrogen-bond donors (Lipinski definition) is 1. The van der Waals surface area contributed by atoms with Crippen molar-refractivity contribution in [3.05, 3.63) is 59.2 Å². The molecule has 1 fully saturated rings. The highest BCUT2D eigenvalue weighted by Gasteiger charge is 2.29. The van der Waals surface area contributed by atoms with Crippen LogP contribution in [-0.4, -0.2) is 40.6 Å². The van der Waals surface area contributed by atoms with Gasteiger partial charge in [-0.25, -0.2) is 14.2 Å². The molecule has 0 spiro atoms. The number of hydrogen-bond acceptors (Lipinski definition) is 6. The summed E-state index contributed by atoms with van der Waals surface area (Å²) in [7, 11) is 1.19. The molecule has 1 aromatic carbocycles. The molecule has 0 unspecified atom stereocenters.